The second kappa shape index (κ2) is 5.28. The second-order valence-electron chi connectivity index (χ2n) is 4.54. The molecule has 0 aromatic heterocycles. The third kappa shape index (κ3) is 3.71. The van der Waals surface area contributed by atoms with E-state index in [2.05, 4.69) is 0 Å². The lowest BCUT2D eigenvalue weighted by Crippen LogP contribution is -2.25. The Bertz CT molecular complexity index is 530. The fourth-order valence-corrected chi connectivity index (χ4v) is 3.52. The van der Waals surface area contributed by atoms with E-state index < -0.39 is 9.05 Å². The Labute approximate surface area is 111 Å². The van der Waals surface area contributed by atoms with Crippen LogP contribution in [0.2, 0.25) is 0 Å². The molecule has 0 bridgehead atoms. The molecule has 1 atom stereocenters. The average molecular weight is 288 g/mol. The van der Waals surface area contributed by atoms with Gasteiger partial charge in [-0.2, -0.15) is 0 Å². The Kier molecular flexibility index (Phi) is 3.92. The molecule has 1 saturated heterocycles. The van der Waals surface area contributed by atoms with E-state index >= 15 is 0 Å². The van der Waals surface area contributed by atoms with Crippen LogP contribution < -0.4 is 0 Å². The van der Waals surface area contributed by atoms with Crippen molar-refractivity contribution in [2.75, 3.05) is 12.3 Å². The van der Waals surface area contributed by atoms with Gasteiger partial charge in [0.25, 0.3) is 0 Å². The van der Waals surface area contributed by atoms with Gasteiger partial charge in [-0.1, -0.05) is 30.3 Å². The van der Waals surface area contributed by atoms with Gasteiger partial charge in [-0.15, -0.1) is 0 Å². The van der Waals surface area contributed by atoms with Gasteiger partial charge in [0.2, 0.25) is 15.0 Å². The number of hydrogen-bond donors (Lipinski definition) is 0. The first-order valence-corrected chi connectivity index (χ1v) is 8.16. The summed E-state index contributed by atoms with van der Waals surface area (Å²) in [5.74, 6) is -0.334. The molecule has 0 saturated carbocycles. The van der Waals surface area contributed by atoms with Crippen LogP contribution in [0.4, 0.5) is 0 Å². The number of likely N-dealkylation sites (tertiary alicyclic amines) is 1. The van der Waals surface area contributed by atoms with Crippen LogP contribution in [0.1, 0.15) is 12.0 Å². The number of amides is 1. The normalized spacial score (nSPS) is 20.4. The molecule has 1 fully saturated rings. The Balaban J connectivity index is 1.98. The summed E-state index contributed by atoms with van der Waals surface area (Å²) in [4.78, 5) is 13.4. The van der Waals surface area contributed by atoms with Gasteiger partial charge in [0.05, 0.1) is 5.75 Å². The summed E-state index contributed by atoms with van der Waals surface area (Å²) in [6.45, 7) is 0.984. The molecule has 1 aromatic carbocycles. The van der Waals surface area contributed by atoms with Gasteiger partial charge in [-0.3, -0.25) is 4.79 Å². The van der Waals surface area contributed by atoms with Crippen LogP contribution in [0.15, 0.2) is 30.3 Å². The molecule has 2 rings (SSSR count). The lowest BCUT2D eigenvalue weighted by atomic mass is 10.1. The van der Waals surface area contributed by atoms with Crippen molar-refractivity contribution < 1.29 is 13.2 Å². The van der Waals surface area contributed by atoms with Crippen LogP contribution in [-0.2, 0) is 20.4 Å². The SMILES string of the molecule is O=C1CC(CS(=O)(=O)Cl)CN1Cc1ccccc1. The van der Waals surface area contributed by atoms with E-state index in [1.807, 2.05) is 30.3 Å². The van der Waals surface area contributed by atoms with E-state index in [4.69, 9.17) is 10.7 Å². The molecule has 0 radical (unpaired) electrons. The second-order valence-corrected chi connectivity index (χ2v) is 7.36. The molecular weight excluding hydrogens is 274 g/mol. The number of carbonyl (C=O) groups is 1. The number of carbonyl (C=O) groups excluding carboxylic acids is 1. The van der Waals surface area contributed by atoms with E-state index in [0.29, 0.717) is 13.1 Å². The van der Waals surface area contributed by atoms with Crippen molar-refractivity contribution in [3.8, 4) is 0 Å². The quantitative estimate of drug-likeness (QED) is 0.791. The van der Waals surface area contributed by atoms with E-state index in [-0.39, 0.29) is 24.0 Å². The highest BCUT2D eigenvalue weighted by Crippen LogP contribution is 2.22. The van der Waals surface area contributed by atoms with Gasteiger partial charge in [-0.05, 0) is 5.56 Å². The number of hydrogen-bond acceptors (Lipinski definition) is 3. The minimum atomic E-state index is -3.53. The summed E-state index contributed by atoms with van der Waals surface area (Å²) in [6, 6.07) is 9.63. The summed E-state index contributed by atoms with van der Waals surface area (Å²) in [6.07, 6.45) is 0.263. The van der Waals surface area contributed by atoms with Crippen LogP contribution in [0.25, 0.3) is 0 Å². The number of rotatable bonds is 4. The minimum absolute atomic E-state index is 0.0100. The Hall–Kier alpha value is -1.07. The molecule has 1 aromatic rings. The standard InChI is InChI=1S/C12H14ClNO3S/c13-18(16,17)9-11-6-12(15)14(8-11)7-10-4-2-1-3-5-10/h1-5,11H,6-9H2. The Morgan fingerprint density at radius 2 is 1.94 bits per heavy atom. The summed E-state index contributed by atoms with van der Waals surface area (Å²) >= 11 is 0. The Morgan fingerprint density at radius 1 is 1.28 bits per heavy atom. The topological polar surface area (TPSA) is 54.5 Å². The zero-order chi connectivity index (χ0) is 13.2. The molecule has 18 heavy (non-hydrogen) atoms. The van der Waals surface area contributed by atoms with Crippen molar-refractivity contribution in [3.05, 3.63) is 35.9 Å². The van der Waals surface area contributed by atoms with Gasteiger partial charge in [0.1, 0.15) is 0 Å². The van der Waals surface area contributed by atoms with Crippen molar-refractivity contribution >= 4 is 25.6 Å². The molecule has 1 aliphatic heterocycles. The van der Waals surface area contributed by atoms with Gasteiger partial charge < -0.3 is 4.90 Å². The van der Waals surface area contributed by atoms with Crippen LogP contribution >= 0.6 is 10.7 Å². The average Bonchev–Trinajstić information content (AvgIpc) is 2.58. The maximum absolute atomic E-state index is 11.8. The molecule has 98 valence electrons. The molecule has 0 N–H and O–H groups in total. The third-order valence-electron chi connectivity index (χ3n) is 2.95. The summed E-state index contributed by atoms with van der Waals surface area (Å²) < 4.78 is 22.0. The monoisotopic (exact) mass is 287 g/mol. The summed E-state index contributed by atoms with van der Waals surface area (Å²) in [7, 11) is 1.68. The van der Waals surface area contributed by atoms with E-state index in [9.17, 15) is 13.2 Å². The van der Waals surface area contributed by atoms with E-state index in [0.717, 1.165) is 5.56 Å². The van der Waals surface area contributed by atoms with Crippen molar-refractivity contribution in [1.29, 1.82) is 0 Å². The first-order chi connectivity index (χ1) is 8.44. The third-order valence-corrected chi connectivity index (χ3v) is 4.19. The lowest BCUT2D eigenvalue weighted by Gasteiger charge is -2.16. The van der Waals surface area contributed by atoms with Crippen molar-refractivity contribution in [2.24, 2.45) is 5.92 Å². The van der Waals surface area contributed by atoms with Crippen molar-refractivity contribution in [1.82, 2.24) is 4.90 Å². The summed E-state index contributed by atoms with van der Waals surface area (Å²) in [5, 5.41) is 0. The lowest BCUT2D eigenvalue weighted by molar-refractivity contribution is -0.128. The molecule has 1 amide bonds. The first-order valence-electron chi connectivity index (χ1n) is 5.68. The van der Waals surface area contributed by atoms with Gasteiger partial charge in [0, 0.05) is 36.1 Å². The Morgan fingerprint density at radius 3 is 2.56 bits per heavy atom. The zero-order valence-corrected chi connectivity index (χ0v) is 11.3. The van der Waals surface area contributed by atoms with Gasteiger partial charge >= 0.3 is 0 Å². The van der Waals surface area contributed by atoms with Crippen molar-refractivity contribution in [3.63, 3.8) is 0 Å². The summed E-state index contributed by atoms with van der Waals surface area (Å²) in [5.41, 5.74) is 1.04. The largest absolute Gasteiger partial charge is 0.338 e. The van der Waals surface area contributed by atoms with Crippen molar-refractivity contribution in [2.45, 2.75) is 13.0 Å². The van der Waals surface area contributed by atoms with Crippen LogP contribution in [0.3, 0.4) is 0 Å². The van der Waals surface area contributed by atoms with E-state index in [1.165, 1.54) is 0 Å². The first kappa shape index (κ1) is 13.4. The predicted octanol–water partition coefficient (Wildman–Crippen LogP) is 1.60. The smallest absolute Gasteiger partial charge is 0.232 e. The fraction of sp³-hybridized carbons (Fsp3) is 0.417. The molecule has 6 heteroatoms. The fourth-order valence-electron chi connectivity index (χ4n) is 2.20. The number of halogens is 1. The maximum atomic E-state index is 11.8. The molecule has 4 nitrogen and oxygen atoms in total. The highest BCUT2D eigenvalue weighted by molar-refractivity contribution is 8.13. The van der Waals surface area contributed by atoms with Crippen LogP contribution in [0, 0.1) is 5.92 Å². The van der Waals surface area contributed by atoms with Crippen LogP contribution in [0.5, 0.6) is 0 Å². The highest BCUT2D eigenvalue weighted by Gasteiger charge is 2.32. The van der Waals surface area contributed by atoms with E-state index in [1.54, 1.807) is 4.90 Å². The number of benzene rings is 1. The molecular formula is C12H14ClNO3S. The van der Waals surface area contributed by atoms with Gasteiger partial charge in [0.15, 0.2) is 0 Å². The highest BCUT2D eigenvalue weighted by atomic mass is 35.7. The minimum Gasteiger partial charge on any atom is -0.338 e. The molecule has 1 unspecified atom stereocenters. The van der Waals surface area contributed by atoms with Gasteiger partial charge in [-0.25, -0.2) is 8.42 Å². The maximum Gasteiger partial charge on any atom is 0.232 e. The molecule has 0 spiro atoms. The molecule has 1 heterocycles. The number of nitrogens with zero attached hydrogens (tertiary/aromatic N) is 1. The molecule has 0 aliphatic carbocycles. The molecule has 1 aliphatic rings. The zero-order valence-electron chi connectivity index (χ0n) is 9.75. The van der Waals surface area contributed by atoms with Crippen LogP contribution in [-0.4, -0.2) is 31.5 Å². The predicted molar refractivity (Wildman–Crippen MR) is 69.6 cm³/mol.